The summed E-state index contributed by atoms with van der Waals surface area (Å²) in [6.07, 6.45) is 0. The number of hydrogen-bond donors (Lipinski definition) is 1. The smallest absolute Gasteiger partial charge is 0.226 e. The maximum atomic E-state index is 13.0. The van der Waals surface area contributed by atoms with Gasteiger partial charge in [-0.25, -0.2) is 0 Å². The second-order valence-corrected chi connectivity index (χ2v) is 9.46. The molecular formula is C19H39NO. The predicted molar refractivity (Wildman–Crippen MR) is 93.2 cm³/mol. The van der Waals surface area contributed by atoms with Crippen molar-refractivity contribution in [2.45, 2.75) is 88.6 Å². The van der Waals surface area contributed by atoms with E-state index in [4.69, 9.17) is 0 Å². The highest BCUT2D eigenvalue weighted by atomic mass is 16.2. The van der Waals surface area contributed by atoms with Gasteiger partial charge in [-0.3, -0.25) is 4.79 Å². The summed E-state index contributed by atoms with van der Waals surface area (Å²) in [5.74, 6) is 1.09. The van der Waals surface area contributed by atoms with Crippen LogP contribution < -0.4 is 5.32 Å². The van der Waals surface area contributed by atoms with E-state index in [9.17, 15) is 4.79 Å². The quantitative estimate of drug-likeness (QED) is 0.710. The van der Waals surface area contributed by atoms with Gasteiger partial charge in [0.05, 0.1) is 0 Å². The van der Waals surface area contributed by atoms with Crippen molar-refractivity contribution in [1.29, 1.82) is 0 Å². The van der Waals surface area contributed by atoms with Crippen molar-refractivity contribution in [3.8, 4) is 0 Å². The molecule has 21 heavy (non-hydrogen) atoms. The zero-order chi connectivity index (χ0) is 17.4. The number of rotatable bonds is 6. The molecule has 0 bridgehead atoms. The lowest BCUT2D eigenvalue weighted by Gasteiger charge is -2.49. The highest BCUT2D eigenvalue weighted by Crippen LogP contribution is 2.46. The topological polar surface area (TPSA) is 29.1 Å². The molecule has 0 unspecified atom stereocenters. The van der Waals surface area contributed by atoms with Crippen molar-refractivity contribution in [3.05, 3.63) is 0 Å². The fourth-order valence-corrected chi connectivity index (χ4v) is 2.34. The monoisotopic (exact) mass is 297 g/mol. The number of hydrogen-bond acceptors (Lipinski definition) is 1. The molecule has 126 valence electrons. The summed E-state index contributed by atoms with van der Waals surface area (Å²) in [5.41, 5.74) is -0.691. The average Bonchev–Trinajstić information content (AvgIpc) is 2.26. The molecule has 2 heteroatoms. The van der Waals surface area contributed by atoms with Gasteiger partial charge in [0.1, 0.15) is 0 Å². The lowest BCUT2D eigenvalue weighted by atomic mass is 9.60. The first-order valence-corrected chi connectivity index (χ1v) is 8.34. The van der Waals surface area contributed by atoms with Crippen LogP contribution in [-0.4, -0.2) is 11.4 Å². The Hall–Kier alpha value is -0.530. The van der Waals surface area contributed by atoms with Crippen molar-refractivity contribution in [1.82, 2.24) is 5.32 Å². The fraction of sp³-hybridized carbons (Fsp3) is 0.947. The van der Waals surface area contributed by atoms with Crippen molar-refractivity contribution in [2.75, 3.05) is 0 Å². The lowest BCUT2D eigenvalue weighted by molar-refractivity contribution is -0.141. The first-order chi connectivity index (χ1) is 9.01. The standard InChI is InChI=1S/C19H39NO/c1-13(2)16(5,6)18(9,10)15(21)20-19(11,12)17(7,8)14(3)4/h13-14H,1-12H3,(H,20,21). The molecule has 0 aromatic carbocycles. The van der Waals surface area contributed by atoms with Crippen LogP contribution in [0.1, 0.15) is 83.1 Å². The summed E-state index contributed by atoms with van der Waals surface area (Å²) in [6, 6.07) is 0. The van der Waals surface area contributed by atoms with Gasteiger partial charge in [0, 0.05) is 11.0 Å². The van der Waals surface area contributed by atoms with Crippen LogP contribution in [0.2, 0.25) is 0 Å². The summed E-state index contributed by atoms with van der Waals surface area (Å²) < 4.78 is 0. The maximum absolute atomic E-state index is 13.0. The zero-order valence-electron chi connectivity index (χ0n) is 16.6. The third-order valence-corrected chi connectivity index (χ3v) is 7.10. The Morgan fingerprint density at radius 1 is 0.714 bits per heavy atom. The molecule has 0 aliphatic rings. The Morgan fingerprint density at radius 2 is 1.05 bits per heavy atom. The van der Waals surface area contributed by atoms with Gasteiger partial charge in [-0.05, 0) is 36.5 Å². The summed E-state index contributed by atoms with van der Waals surface area (Å²) in [4.78, 5) is 13.0. The van der Waals surface area contributed by atoms with Crippen LogP contribution in [0.15, 0.2) is 0 Å². The molecule has 2 nitrogen and oxygen atoms in total. The molecule has 0 rings (SSSR count). The second kappa shape index (κ2) is 5.93. The first kappa shape index (κ1) is 20.5. The minimum absolute atomic E-state index is 0.0285. The van der Waals surface area contributed by atoms with E-state index in [0.29, 0.717) is 11.8 Å². The van der Waals surface area contributed by atoms with Crippen LogP contribution in [0, 0.1) is 28.1 Å². The van der Waals surface area contributed by atoms with Gasteiger partial charge in [-0.2, -0.15) is 0 Å². The van der Waals surface area contributed by atoms with Crippen LogP contribution in [0.5, 0.6) is 0 Å². The molecule has 0 aliphatic carbocycles. The number of amides is 1. The number of nitrogens with one attached hydrogen (secondary N) is 1. The average molecular weight is 298 g/mol. The van der Waals surface area contributed by atoms with E-state index < -0.39 is 5.41 Å². The summed E-state index contributed by atoms with van der Waals surface area (Å²) in [7, 11) is 0. The molecule has 0 radical (unpaired) electrons. The molecule has 0 saturated carbocycles. The SMILES string of the molecule is CC(C)C(C)(C)C(C)(C)NC(=O)C(C)(C)C(C)(C)C(C)C. The van der Waals surface area contributed by atoms with Crippen LogP contribution >= 0.6 is 0 Å². The third-order valence-electron chi connectivity index (χ3n) is 7.10. The molecule has 0 aromatic heterocycles. The van der Waals surface area contributed by atoms with E-state index in [1.807, 2.05) is 0 Å². The van der Waals surface area contributed by atoms with Gasteiger partial charge in [-0.15, -0.1) is 0 Å². The van der Waals surface area contributed by atoms with Crippen molar-refractivity contribution in [3.63, 3.8) is 0 Å². The minimum Gasteiger partial charge on any atom is -0.350 e. The normalized spacial score (nSPS) is 14.8. The molecule has 0 spiro atoms. The summed E-state index contributed by atoms with van der Waals surface area (Å²) >= 11 is 0. The fourth-order valence-electron chi connectivity index (χ4n) is 2.34. The molecule has 1 N–H and O–H groups in total. The van der Waals surface area contributed by atoms with E-state index >= 15 is 0 Å². The minimum atomic E-state index is -0.411. The molecule has 0 saturated heterocycles. The third kappa shape index (κ3) is 3.63. The Kier molecular flexibility index (Phi) is 5.78. The van der Waals surface area contributed by atoms with E-state index in [2.05, 4.69) is 88.4 Å². The second-order valence-electron chi connectivity index (χ2n) is 9.46. The largest absolute Gasteiger partial charge is 0.350 e. The Labute approximate surface area is 133 Å². The molecule has 0 fully saturated rings. The van der Waals surface area contributed by atoms with E-state index in [1.54, 1.807) is 0 Å². The molecule has 0 atom stereocenters. The Morgan fingerprint density at radius 3 is 1.33 bits per heavy atom. The first-order valence-electron chi connectivity index (χ1n) is 8.34. The maximum Gasteiger partial charge on any atom is 0.226 e. The van der Waals surface area contributed by atoms with Crippen molar-refractivity contribution < 1.29 is 4.79 Å². The van der Waals surface area contributed by atoms with Gasteiger partial charge >= 0.3 is 0 Å². The highest BCUT2D eigenvalue weighted by Gasteiger charge is 2.48. The van der Waals surface area contributed by atoms with Gasteiger partial charge in [-0.1, -0.05) is 69.2 Å². The van der Waals surface area contributed by atoms with Gasteiger partial charge in [0.2, 0.25) is 5.91 Å². The van der Waals surface area contributed by atoms with E-state index in [0.717, 1.165) is 0 Å². The number of carbonyl (C=O) groups is 1. The number of carbonyl (C=O) groups excluding carboxylic acids is 1. The van der Waals surface area contributed by atoms with E-state index in [1.165, 1.54) is 0 Å². The van der Waals surface area contributed by atoms with Crippen molar-refractivity contribution >= 4 is 5.91 Å². The van der Waals surface area contributed by atoms with E-state index in [-0.39, 0.29) is 22.3 Å². The molecule has 0 aliphatic heterocycles. The van der Waals surface area contributed by atoms with Gasteiger partial charge < -0.3 is 5.32 Å². The summed E-state index contributed by atoms with van der Waals surface area (Å²) in [5, 5.41) is 3.34. The van der Waals surface area contributed by atoms with Gasteiger partial charge in [0.25, 0.3) is 0 Å². The van der Waals surface area contributed by atoms with Gasteiger partial charge in [0.15, 0.2) is 0 Å². The predicted octanol–water partition coefficient (Wildman–Crippen LogP) is 5.27. The van der Waals surface area contributed by atoms with Crippen molar-refractivity contribution in [2.24, 2.45) is 28.1 Å². The lowest BCUT2D eigenvalue weighted by Crippen LogP contribution is -2.60. The van der Waals surface area contributed by atoms with Crippen LogP contribution in [0.3, 0.4) is 0 Å². The molecule has 1 amide bonds. The molecular weight excluding hydrogens is 258 g/mol. The molecule has 0 aromatic rings. The zero-order valence-corrected chi connectivity index (χ0v) is 16.6. The van der Waals surface area contributed by atoms with Crippen LogP contribution in [-0.2, 0) is 4.79 Å². The molecule has 0 heterocycles. The Bertz CT molecular complexity index is 373. The highest BCUT2D eigenvalue weighted by molar-refractivity contribution is 5.83. The van der Waals surface area contributed by atoms with Crippen LogP contribution in [0.4, 0.5) is 0 Å². The summed E-state index contributed by atoms with van der Waals surface area (Å²) in [6.45, 7) is 26.1. The van der Waals surface area contributed by atoms with Crippen LogP contribution in [0.25, 0.3) is 0 Å². The Balaban J connectivity index is 5.40.